The number of rotatable bonds is 8. The molecule has 0 aromatic heterocycles. The topological polar surface area (TPSA) is 52.3 Å². The molecular weight excluding hydrogens is 262 g/mol. The van der Waals surface area contributed by atoms with Gasteiger partial charge in [0.05, 0.1) is 12.2 Å². The quantitative estimate of drug-likeness (QED) is 0.588. The van der Waals surface area contributed by atoms with Gasteiger partial charge in [0, 0.05) is 11.4 Å². The zero-order chi connectivity index (χ0) is 14.1. The summed E-state index contributed by atoms with van der Waals surface area (Å²) >= 11 is 6.18. The smallest absolute Gasteiger partial charge is 0.338 e. The minimum absolute atomic E-state index is 0.0459. The van der Waals surface area contributed by atoms with E-state index in [0.29, 0.717) is 18.6 Å². The zero-order valence-electron chi connectivity index (χ0n) is 11.3. The van der Waals surface area contributed by atoms with E-state index in [1.807, 2.05) is 18.2 Å². The van der Waals surface area contributed by atoms with Crippen LogP contribution in [0.25, 0.3) is 0 Å². The van der Waals surface area contributed by atoms with Crippen LogP contribution in [0, 0.1) is 0 Å². The molecular formula is C15H22ClNO2. The van der Waals surface area contributed by atoms with Crippen molar-refractivity contribution in [3.8, 4) is 0 Å². The van der Waals surface area contributed by atoms with E-state index in [1.54, 1.807) is 12.1 Å². The molecule has 0 saturated carbocycles. The van der Waals surface area contributed by atoms with E-state index in [1.165, 1.54) is 0 Å². The second kappa shape index (κ2) is 8.94. The third kappa shape index (κ3) is 6.08. The first-order chi connectivity index (χ1) is 9.15. The molecule has 0 saturated heterocycles. The maximum atomic E-state index is 11.7. The average molecular weight is 284 g/mol. The number of carbonyl (C=O) groups is 1. The molecule has 2 N–H and O–H groups in total. The highest BCUT2D eigenvalue weighted by molar-refractivity contribution is 6.21. The summed E-state index contributed by atoms with van der Waals surface area (Å²) in [5.41, 5.74) is 6.52. The first-order valence-electron chi connectivity index (χ1n) is 6.77. The van der Waals surface area contributed by atoms with Gasteiger partial charge in [0.15, 0.2) is 0 Å². The maximum absolute atomic E-state index is 11.7. The van der Waals surface area contributed by atoms with Gasteiger partial charge in [-0.25, -0.2) is 4.79 Å². The largest absolute Gasteiger partial charge is 0.462 e. The number of esters is 1. The number of hydrogen-bond acceptors (Lipinski definition) is 3. The van der Waals surface area contributed by atoms with Gasteiger partial charge in [-0.3, -0.25) is 0 Å². The lowest BCUT2D eigenvalue weighted by atomic mass is 10.1. The number of halogens is 1. The van der Waals surface area contributed by atoms with Crippen LogP contribution in [0.1, 0.15) is 43.0 Å². The Labute approximate surface area is 120 Å². The van der Waals surface area contributed by atoms with Gasteiger partial charge in [-0.1, -0.05) is 38.0 Å². The van der Waals surface area contributed by atoms with Crippen molar-refractivity contribution in [2.75, 3.05) is 6.61 Å². The molecule has 0 aliphatic rings. The van der Waals surface area contributed by atoms with E-state index in [9.17, 15) is 4.79 Å². The van der Waals surface area contributed by atoms with Gasteiger partial charge < -0.3 is 10.5 Å². The number of ether oxygens (including phenoxy) is 1. The highest BCUT2D eigenvalue weighted by atomic mass is 35.5. The first kappa shape index (κ1) is 16.0. The van der Waals surface area contributed by atoms with E-state index in [4.69, 9.17) is 22.1 Å². The molecule has 3 nitrogen and oxygen atoms in total. The third-order valence-electron chi connectivity index (χ3n) is 2.99. The molecule has 106 valence electrons. The van der Waals surface area contributed by atoms with Crippen LogP contribution in [-0.4, -0.2) is 24.0 Å². The van der Waals surface area contributed by atoms with Crippen molar-refractivity contribution in [1.82, 2.24) is 0 Å². The van der Waals surface area contributed by atoms with Crippen molar-refractivity contribution < 1.29 is 9.53 Å². The predicted octanol–water partition coefficient (Wildman–Crippen LogP) is 3.36. The van der Waals surface area contributed by atoms with Crippen molar-refractivity contribution in [2.24, 2.45) is 5.73 Å². The lowest BCUT2D eigenvalue weighted by Crippen LogP contribution is -2.32. The summed E-state index contributed by atoms with van der Waals surface area (Å²) in [6.45, 7) is 2.43. The summed E-state index contributed by atoms with van der Waals surface area (Å²) in [5.74, 6) is -0.313. The van der Waals surface area contributed by atoms with Gasteiger partial charge in [0.25, 0.3) is 0 Å². The van der Waals surface area contributed by atoms with E-state index in [-0.39, 0.29) is 17.4 Å². The summed E-state index contributed by atoms with van der Waals surface area (Å²) in [5, 5.41) is -0.0459. The van der Waals surface area contributed by atoms with Crippen LogP contribution in [0.5, 0.6) is 0 Å². The van der Waals surface area contributed by atoms with Crippen LogP contribution in [0.3, 0.4) is 0 Å². The van der Waals surface area contributed by atoms with E-state index < -0.39 is 0 Å². The molecule has 19 heavy (non-hydrogen) atoms. The minimum atomic E-state index is -0.313. The van der Waals surface area contributed by atoms with Gasteiger partial charge in [0.1, 0.15) is 0 Å². The van der Waals surface area contributed by atoms with Gasteiger partial charge >= 0.3 is 5.97 Å². The molecule has 0 heterocycles. The maximum Gasteiger partial charge on any atom is 0.338 e. The van der Waals surface area contributed by atoms with Crippen LogP contribution in [0.4, 0.5) is 0 Å². The molecule has 0 aliphatic carbocycles. The highest BCUT2D eigenvalue weighted by Gasteiger charge is 2.15. The second-order valence-electron chi connectivity index (χ2n) is 4.61. The Morgan fingerprint density at radius 1 is 1.32 bits per heavy atom. The third-order valence-corrected chi connectivity index (χ3v) is 3.53. The fourth-order valence-electron chi connectivity index (χ4n) is 1.74. The lowest BCUT2D eigenvalue weighted by Gasteiger charge is -2.17. The van der Waals surface area contributed by atoms with Crippen molar-refractivity contribution in [3.05, 3.63) is 35.9 Å². The highest BCUT2D eigenvalue weighted by Crippen LogP contribution is 2.13. The Balaban J connectivity index is 2.24. The molecule has 0 amide bonds. The molecule has 0 fully saturated rings. The monoisotopic (exact) mass is 283 g/mol. The van der Waals surface area contributed by atoms with Gasteiger partial charge in [-0.05, 0) is 25.0 Å². The number of alkyl halides is 1. The standard InChI is InChI=1S/C15H22ClNO2/c1-2-3-9-13(16)14(17)10-11-19-15(18)12-7-5-4-6-8-12/h4-8,13-14H,2-3,9-11,17H2,1H3. The summed E-state index contributed by atoms with van der Waals surface area (Å²) in [6.07, 6.45) is 3.69. The van der Waals surface area contributed by atoms with E-state index >= 15 is 0 Å². The molecule has 1 aromatic rings. The fraction of sp³-hybridized carbons (Fsp3) is 0.533. The molecule has 2 atom stereocenters. The second-order valence-corrected chi connectivity index (χ2v) is 5.17. The molecule has 0 aliphatic heterocycles. The average Bonchev–Trinajstić information content (AvgIpc) is 2.45. The Bertz CT molecular complexity index is 370. The van der Waals surface area contributed by atoms with Crippen LogP contribution in [0.15, 0.2) is 30.3 Å². The molecule has 1 aromatic carbocycles. The lowest BCUT2D eigenvalue weighted by molar-refractivity contribution is 0.0493. The molecule has 4 heteroatoms. The summed E-state index contributed by atoms with van der Waals surface area (Å²) in [7, 11) is 0. The fourth-order valence-corrected chi connectivity index (χ4v) is 2.02. The Kier molecular flexibility index (Phi) is 7.53. The molecule has 0 spiro atoms. The van der Waals surface area contributed by atoms with Gasteiger partial charge in [0.2, 0.25) is 0 Å². The van der Waals surface area contributed by atoms with Crippen molar-refractivity contribution in [2.45, 2.75) is 44.0 Å². The molecule has 0 radical (unpaired) electrons. The summed E-state index contributed by atoms with van der Waals surface area (Å²) in [6, 6.07) is 8.81. The van der Waals surface area contributed by atoms with Crippen LogP contribution in [-0.2, 0) is 4.74 Å². The zero-order valence-corrected chi connectivity index (χ0v) is 12.1. The number of carbonyl (C=O) groups excluding carboxylic acids is 1. The van der Waals surface area contributed by atoms with Crippen LogP contribution < -0.4 is 5.73 Å². The molecule has 1 rings (SSSR count). The SMILES string of the molecule is CCCCC(Cl)C(N)CCOC(=O)c1ccccc1. The number of hydrogen-bond donors (Lipinski definition) is 1. The van der Waals surface area contributed by atoms with Crippen molar-refractivity contribution >= 4 is 17.6 Å². The Hall–Kier alpha value is -1.06. The minimum Gasteiger partial charge on any atom is -0.462 e. The number of unbranched alkanes of at least 4 members (excludes halogenated alkanes) is 1. The predicted molar refractivity (Wildman–Crippen MR) is 78.5 cm³/mol. The summed E-state index contributed by atoms with van der Waals surface area (Å²) < 4.78 is 5.18. The van der Waals surface area contributed by atoms with Crippen molar-refractivity contribution in [1.29, 1.82) is 0 Å². The van der Waals surface area contributed by atoms with Crippen molar-refractivity contribution in [3.63, 3.8) is 0 Å². The Morgan fingerprint density at radius 3 is 2.63 bits per heavy atom. The number of nitrogens with two attached hydrogens (primary N) is 1. The summed E-state index contributed by atoms with van der Waals surface area (Å²) in [4.78, 5) is 11.7. The van der Waals surface area contributed by atoms with E-state index in [0.717, 1.165) is 19.3 Å². The van der Waals surface area contributed by atoms with Crippen LogP contribution in [0.2, 0.25) is 0 Å². The first-order valence-corrected chi connectivity index (χ1v) is 7.20. The van der Waals surface area contributed by atoms with Gasteiger partial charge in [-0.2, -0.15) is 0 Å². The normalized spacial score (nSPS) is 13.8. The van der Waals surface area contributed by atoms with Crippen LogP contribution >= 0.6 is 11.6 Å². The molecule has 0 bridgehead atoms. The number of benzene rings is 1. The molecule has 2 unspecified atom stereocenters. The van der Waals surface area contributed by atoms with Gasteiger partial charge in [-0.15, -0.1) is 11.6 Å². The van der Waals surface area contributed by atoms with E-state index in [2.05, 4.69) is 6.92 Å². The Morgan fingerprint density at radius 2 is 2.00 bits per heavy atom.